The number of rotatable bonds is 5. The van der Waals surface area contributed by atoms with Gasteiger partial charge >= 0.3 is 0 Å². The van der Waals surface area contributed by atoms with Crippen molar-refractivity contribution >= 4 is 11.6 Å². The Kier molecular flexibility index (Phi) is 5.55. The quantitative estimate of drug-likeness (QED) is 0.746. The van der Waals surface area contributed by atoms with Gasteiger partial charge in [-0.25, -0.2) is 4.98 Å². The van der Waals surface area contributed by atoms with Gasteiger partial charge in [0, 0.05) is 34.9 Å². The second-order valence-corrected chi connectivity index (χ2v) is 6.80. The molecule has 3 rings (SSSR count). The molecule has 4 nitrogen and oxygen atoms in total. The summed E-state index contributed by atoms with van der Waals surface area (Å²) < 4.78 is 1.68. The molecule has 1 N–H and O–H groups in total. The van der Waals surface area contributed by atoms with Crippen LogP contribution in [-0.2, 0) is 13.0 Å². The number of aromatic nitrogens is 2. The first-order valence-corrected chi connectivity index (χ1v) is 8.90. The van der Waals surface area contributed by atoms with E-state index in [4.69, 9.17) is 11.6 Å². The summed E-state index contributed by atoms with van der Waals surface area (Å²) in [5.74, 6) is 0.604. The highest BCUT2D eigenvalue weighted by molar-refractivity contribution is 6.30. The van der Waals surface area contributed by atoms with Crippen LogP contribution in [0.25, 0.3) is 11.4 Å². The van der Waals surface area contributed by atoms with Crippen molar-refractivity contribution in [1.29, 1.82) is 0 Å². The summed E-state index contributed by atoms with van der Waals surface area (Å²) in [4.78, 5) is 17.8. The third-order valence-corrected chi connectivity index (χ3v) is 4.61. The highest BCUT2D eigenvalue weighted by Gasteiger charge is 2.16. The van der Waals surface area contributed by atoms with Gasteiger partial charge in [0.1, 0.15) is 5.82 Å². The second-order valence-electron chi connectivity index (χ2n) is 6.36. The van der Waals surface area contributed by atoms with Gasteiger partial charge in [-0.15, -0.1) is 0 Å². The smallest absolute Gasteiger partial charge is 0.257 e. The van der Waals surface area contributed by atoms with Crippen molar-refractivity contribution in [3.63, 3.8) is 0 Å². The molecule has 0 atom stereocenters. The molecule has 1 heterocycles. The average Bonchev–Trinajstić information content (AvgIpc) is 2.62. The molecule has 0 amide bonds. The summed E-state index contributed by atoms with van der Waals surface area (Å²) in [6.45, 7) is 4.17. The molecule has 0 spiro atoms. The lowest BCUT2D eigenvalue weighted by Crippen LogP contribution is -2.29. The van der Waals surface area contributed by atoms with Crippen molar-refractivity contribution < 1.29 is 5.11 Å². The van der Waals surface area contributed by atoms with E-state index in [1.165, 1.54) is 0 Å². The van der Waals surface area contributed by atoms with Crippen molar-refractivity contribution in [3.05, 3.63) is 86.3 Å². The summed E-state index contributed by atoms with van der Waals surface area (Å²) >= 11 is 6.00. The van der Waals surface area contributed by atoms with E-state index < -0.39 is 0 Å². The van der Waals surface area contributed by atoms with Crippen LogP contribution in [0.2, 0.25) is 5.02 Å². The zero-order valence-electron chi connectivity index (χ0n) is 14.9. The van der Waals surface area contributed by atoms with E-state index in [0.29, 0.717) is 35.1 Å². The number of hydrogen-bond acceptors (Lipinski definition) is 3. The fourth-order valence-electron chi connectivity index (χ4n) is 3.06. The van der Waals surface area contributed by atoms with Crippen molar-refractivity contribution in [2.45, 2.75) is 26.8 Å². The Hall–Kier alpha value is -2.43. The van der Waals surface area contributed by atoms with E-state index in [1.807, 2.05) is 44.2 Å². The highest BCUT2D eigenvalue weighted by Crippen LogP contribution is 2.21. The number of aliphatic hydroxyl groups excluding tert-OH is 1. The standard InChI is InChI=1S/C21H21ClN2O2/c1-14-4-3-5-16(12-14)13-24-20(17-6-8-18(22)9-7-17)23-15(2)19(10-11-25)21(24)26/h3-9,12,25H,10-11,13H2,1-2H3. The van der Waals surface area contributed by atoms with Gasteiger partial charge in [0.25, 0.3) is 5.56 Å². The molecule has 134 valence electrons. The topological polar surface area (TPSA) is 55.1 Å². The maximum absolute atomic E-state index is 13.1. The van der Waals surface area contributed by atoms with Crippen LogP contribution in [0.1, 0.15) is 22.4 Å². The van der Waals surface area contributed by atoms with E-state index in [1.54, 1.807) is 16.7 Å². The number of nitrogens with zero attached hydrogens (tertiary/aromatic N) is 2. The molecule has 0 aliphatic heterocycles. The molecule has 1 aromatic heterocycles. The summed E-state index contributed by atoms with van der Waals surface area (Å²) in [6.07, 6.45) is 0.298. The zero-order valence-corrected chi connectivity index (χ0v) is 15.6. The lowest BCUT2D eigenvalue weighted by molar-refractivity contribution is 0.298. The van der Waals surface area contributed by atoms with E-state index in [2.05, 4.69) is 11.1 Å². The first kappa shape index (κ1) is 18.4. The summed E-state index contributed by atoms with van der Waals surface area (Å²) in [6, 6.07) is 15.4. The Bertz CT molecular complexity index is 978. The van der Waals surface area contributed by atoms with Crippen LogP contribution >= 0.6 is 11.6 Å². The number of halogens is 1. The van der Waals surface area contributed by atoms with E-state index in [-0.39, 0.29) is 12.2 Å². The fourth-order valence-corrected chi connectivity index (χ4v) is 3.19. The molecule has 0 saturated carbocycles. The molecule has 0 bridgehead atoms. The first-order chi connectivity index (χ1) is 12.5. The van der Waals surface area contributed by atoms with Crippen LogP contribution in [0.15, 0.2) is 53.3 Å². The first-order valence-electron chi connectivity index (χ1n) is 8.52. The summed E-state index contributed by atoms with van der Waals surface area (Å²) in [7, 11) is 0. The fraction of sp³-hybridized carbons (Fsp3) is 0.238. The Morgan fingerprint density at radius 2 is 1.85 bits per heavy atom. The van der Waals surface area contributed by atoms with Crippen LogP contribution in [-0.4, -0.2) is 21.3 Å². The monoisotopic (exact) mass is 368 g/mol. The van der Waals surface area contributed by atoms with Gasteiger partial charge in [-0.2, -0.15) is 0 Å². The largest absolute Gasteiger partial charge is 0.396 e. The molecular weight excluding hydrogens is 348 g/mol. The van der Waals surface area contributed by atoms with E-state index in [0.717, 1.165) is 16.7 Å². The van der Waals surface area contributed by atoms with Gasteiger partial charge in [0.15, 0.2) is 0 Å². The van der Waals surface area contributed by atoms with Gasteiger partial charge in [0.2, 0.25) is 0 Å². The molecule has 0 aliphatic rings. The zero-order chi connectivity index (χ0) is 18.7. The predicted molar refractivity (Wildman–Crippen MR) is 105 cm³/mol. The average molecular weight is 369 g/mol. The molecule has 5 heteroatoms. The van der Waals surface area contributed by atoms with Crippen LogP contribution < -0.4 is 5.56 Å². The van der Waals surface area contributed by atoms with Crippen molar-refractivity contribution in [2.75, 3.05) is 6.61 Å². The Morgan fingerprint density at radius 3 is 2.50 bits per heavy atom. The van der Waals surface area contributed by atoms with Crippen LogP contribution in [0, 0.1) is 13.8 Å². The van der Waals surface area contributed by atoms with Crippen molar-refractivity contribution in [1.82, 2.24) is 9.55 Å². The van der Waals surface area contributed by atoms with E-state index in [9.17, 15) is 9.90 Å². The molecule has 0 radical (unpaired) electrons. The molecule has 0 fully saturated rings. The van der Waals surface area contributed by atoms with Gasteiger partial charge < -0.3 is 5.11 Å². The lowest BCUT2D eigenvalue weighted by atomic mass is 10.1. The van der Waals surface area contributed by atoms with Crippen molar-refractivity contribution in [2.24, 2.45) is 0 Å². The molecule has 3 aromatic rings. The molecule has 2 aromatic carbocycles. The van der Waals surface area contributed by atoms with Gasteiger partial charge in [-0.1, -0.05) is 41.4 Å². The van der Waals surface area contributed by atoms with Gasteiger partial charge in [-0.3, -0.25) is 9.36 Å². The Balaban J connectivity index is 2.19. The predicted octanol–water partition coefficient (Wildman–Crippen LogP) is 3.76. The third kappa shape index (κ3) is 3.87. The molecule has 26 heavy (non-hydrogen) atoms. The molecule has 0 unspecified atom stereocenters. The SMILES string of the molecule is Cc1cccc(Cn2c(-c3ccc(Cl)cc3)nc(C)c(CCO)c2=O)c1. The van der Waals surface area contributed by atoms with Gasteiger partial charge in [0.05, 0.1) is 6.54 Å². The normalized spacial score (nSPS) is 10.9. The summed E-state index contributed by atoms with van der Waals surface area (Å²) in [5, 5.41) is 9.95. The highest BCUT2D eigenvalue weighted by atomic mass is 35.5. The van der Waals surface area contributed by atoms with Crippen LogP contribution in [0.5, 0.6) is 0 Å². The number of benzene rings is 2. The second kappa shape index (κ2) is 7.85. The third-order valence-electron chi connectivity index (χ3n) is 4.36. The molecule has 0 saturated heterocycles. The lowest BCUT2D eigenvalue weighted by Gasteiger charge is -2.16. The van der Waals surface area contributed by atoms with Gasteiger partial charge in [-0.05, 0) is 43.7 Å². The number of hydrogen-bond donors (Lipinski definition) is 1. The van der Waals surface area contributed by atoms with E-state index >= 15 is 0 Å². The van der Waals surface area contributed by atoms with Crippen molar-refractivity contribution in [3.8, 4) is 11.4 Å². The Morgan fingerprint density at radius 1 is 1.12 bits per heavy atom. The number of aryl methyl sites for hydroxylation is 2. The maximum Gasteiger partial charge on any atom is 0.257 e. The number of aliphatic hydroxyl groups is 1. The summed E-state index contributed by atoms with van der Waals surface area (Å²) in [5.41, 5.74) is 4.09. The van der Waals surface area contributed by atoms with Crippen LogP contribution in [0.3, 0.4) is 0 Å². The molecular formula is C21H21ClN2O2. The minimum Gasteiger partial charge on any atom is -0.396 e. The molecule has 0 aliphatic carbocycles. The maximum atomic E-state index is 13.1. The minimum absolute atomic E-state index is 0.0809. The Labute approximate surface area is 157 Å². The van der Waals surface area contributed by atoms with Crippen LogP contribution in [0.4, 0.5) is 0 Å². The minimum atomic E-state index is -0.113.